The molecule has 0 unspecified atom stereocenters. The summed E-state index contributed by atoms with van der Waals surface area (Å²) >= 11 is 0. The fraction of sp³-hybridized carbons (Fsp3) is 0.519. The maximum absolute atomic E-state index is 12.7. The van der Waals surface area contributed by atoms with Crippen molar-refractivity contribution in [3.63, 3.8) is 0 Å². The van der Waals surface area contributed by atoms with Gasteiger partial charge in [0, 0.05) is 51.0 Å². The molecule has 2 fully saturated rings. The summed E-state index contributed by atoms with van der Waals surface area (Å²) in [7, 11) is 0. The molecule has 1 amide bonds. The van der Waals surface area contributed by atoms with Crippen molar-refractivity contribution in [3.8, 4) is 5.75 Å². The number of anilines is 2. The SMILES string of the molecule is CC(C)(C)c1ccc(OCC(=O)N2CCN(c3ccc([N+](=O)[O-])c(N4CCCCC4)c3)CC2)cc1. The summed E-state index contributed by atoms with van der Waals surface area (Å²) in [5, 5.41) is 11.6. The highest BCUT2D eigenvalue weighted by Crippen LogP contribution is 2.34. The van der Waals surface area contributed by atoms with Crippen molar-refractivity contribution in [1.29, 1.82) is 0 Å². The molecule has 35 heavy (non-hydrogen) atoms. The van der Waals surface area contributed by atoms with Gasteiger partial charge in [0.05, 0.1) is 4.92 Å². The quantitative estimate of drug-likeness (QED) is 0.444. The number of nitrogens with zero attached hydrogens (tertiary/aromatic N) is 4. The van der Waals surface area contributed by atoms with Crippen LogP contribution in [-0.4, -0.2) is 61.6 Å². The fourth-order valence-corrected chi connectivity index (χ4v) is 4.75. The molecule has 2 aromatic rings. The summed E-state index contributed by atoms with van der Waals surface area (Å²) in [5.41, 5.74) is 3.14. The van der Waals surface area contributed by atoms with E-state index in [0.29, 0.717) is 37.6 Å². The van der Waals surface area contributed by atoms with Crippen molar-refractivity contribution in [3.05, 3.63) is 58.1 Å². The van der Waals surface area contributed by atoms with Gasteiger partial charge < -0.3 is 19.4 Å². The van der Waals surface area contributed by atoms with E-state index >= 15 is 0 Å². The number of hydrogen-bond donors (Lipinski definition) is 0. The van der Waals surface area contributed by atoms with Crippen molar-refractivity contribution >= 4 is 23.0 Å². The first-order valence-electron chi connectivity index (χ1n) is 12.5. The summed E-state index contributed by atoms with van der Waals surface area (Å²) in [4.78, 5) is 30.2. The number of carbonyl (C=O) groups excluding carboxylic acids is 1. The zero-order valence-electron chi connectivity index (χ0n) is 21.0. The second-order valence-electron chi connectivity index (χ2n) is 10.4. The van der Waals surface area contributed by atoms with Crippen LogP contribution in [-0.2, 0) is 10.2 Å². The second kappa shape index (κ2) is 10.5. The number of rotatable bonds is 6. The summed E-state index contributed by atoms with van der Waals surface area (Å²) in [6.07, 6.45) is 3.29. The highest BCUT2D eigenvalue weighted by atomic mass is 16.6. The minimum atomic E-state index is -0.291. The van der Waals surface area contributed by atoms with Crippen molar-refractivity contribution < 1.29 is 14.5 Å². The standard InChI is InChI=1S/C27H36N4O4/c1-27(2,3)21-7-10-23(11-8-21)35-20-26(32)30-17-15-28(16-18-30)22-9-12-24(31(33)34)25(19-22)29-13-5-4-6-14-29/h7-12,19H,4-6,13-18,20H2,1-3H3. The minimum absolute atomic E-state index is 0.0193. The van der Waals surface area contributed by atoms with Crippen LogP contribution in [0.4, 0.5) is 17.1 Å². The van der Waals surface area contributed by atoms with Crippen LogP contribution < -0.4 is 14.5 Å². The molecule has 2 heterocycles. The molecule has 0 atom stereocenters. The van der Waals surface area contributed by atoms with Crippen LogP contribution in [0.2, 0.25) is 0 Å². The summed E-state index contributed by atoms with van der Waals surface area (Å²) in [5.74, 6) is 0.670. The molecule has 0 spiro atoms. The van der Waals surface area contributed by atoms with Crippen LogP contribution in [0.25, 0.3) is 0 Å². The lowest BCUT2D eigenvalue weighted by Gasteiger charge is -2.36. The molecule has 0 aromatic heterocycles. The Balaban J connectivity index is 1.33. The third-order valence-electron chi connectivity index (χ3n) is 6.93. The van der Waals surface area contributed by atoms with Crippen molar-refractivity contribution in [2.24, 2.45) is 0 Å². The van der Waals surface area contributed by atoms with Crippen LogP contribution in [0.1, 0.15) is 45.6 Å². The van der Waals surface area contributed by atoms with E-state index in [-0.39, 0.29) is 28.5 Å². The molecule has 0 saturated carbocycles. The molecule has 2 aliphatic heterocycles. The lowest BCUT2D eigenvalue weighted by molar-refractivity contribution is -0.384. The first-order valence-corrected chi connectivity index (χ1v) is 12.5. The molecule has 4 rings (SSSR count). The molecule has 0 N–H and O–H groups in total. The van der Waals surface area contributed by atoms with Gasteiger partial charge in [-0.2, -0.15) is 0 Å². The maximum Gasteiger partial charge on any atom is 0.292 e. The van der Waals surface area contributed by atoms with Gasteiger partial charge in [-0.3, -0.25) is 14.9 Å². The molecule has 0 aliphatic carbocycles. The zero-order chi connectivity index (χ0) is 25.0. The monoisotopic (exact) mass is 480 g/mol. The van der Waals surface area contributed by atoms with Crippen LogP contribution in [0.15, 0.2) is 42.5 Å². The Hall–Kier alpha value is -3.29. The van der Waals surface area contributed by atoms with Gasteiger partial charge in [-0.25, -0.2) is 0 Å². The second-order valence-corrected chi connectivity index (χ2v) is 10.4. The van der Waals surface area contributed by atoms with Gasteiger partial charge in [-0.15, -0.1) is 0 Å². The van der Waals surface area contributed by atoms with Crippen LogP contribution >= 0.6 is 0 Å². The van der Waals surface area contributed by atoms with Crippen molar-refractivity contribution in [1.82, 2.24) is 4.90 Å². The zero-order valence-corrected chi connectivity index (χ0v) is 21.0. The number of piperazine rings is 1. The predicted octanol–water partition coefficient (Wildman–Crippen LogP) is 4.61. The van der Waals surface area contributed by atoms with Gasteiger partial charge in [0.1, 0.15) is 11.4 Å². The Morgan fingerprint density at radius 1 is 0.914 bits per heavy atom. The topological polar surface area (TPSA) is 79.2 Å². The van der Waals surface area contributed by atoms with E-state index < -0.39 is 0 Å². The fourth-order valence-electron chi connectivity index (χ4n) is 4.75. The van der Waals surface area contributed by atoms with Crippen molar-refractivity contribution in [2.75, 3.05) is 55.7 Å². The highest BCUT2D eigenvalue weighted by Gasteiger charge is 2.26. The molecule has 188 valence electrons. The molecule has 8 nitrogen and oxygen atoms in total. The number of nitro groups is 1. The van der Waals surface area contributed by atoms with E-state index in [1.807, 2.05) is 41.3 Å². The lowest BCUT2D eigenvalue weighted by atomic mass is 9.87. The Kier molecular flexibility index (Phi) is 7.48. The van der Waals surface area contributed by atoms with E-state index in [0.717, 1.165) is 31.6 Å². The number of hydrogen-bond acceptors (Lipinski definition) is 6. The molecule has 2 aliphatic rings. The lowest BCUT2D eigenvalue weighted by Crippen LogP contribution is -2.50. The van der Waals surface area contributed by atoms with E-state index in [2.05, 4.69) is 30.6 Å². The summed E-state index contributed by atoms with van der Waals surface area (Å²) in [6, 6.07) is 13.3. The first kappa shape index (κ1) is 24.8. The average molecular weight is 481 g/mol. The Morgan fingerprint density at radius 3 is 2.17 bits per heavy atom. The molecule has 8 heteroatoms. The number of piperidine rings is 1. The van der Waals surface area contributed by atoms with E-state index in [9.17, 15) is 14.9 Å². The third-order valence-corrected chi connectivity index (χ3v) is 6.93. The van der Waals surface area contributed by atoms with Gasteiger partial charge in [-0.1, -0.05) is 32.9 Å². The molecular formula is C27H36N4O4. The molecule has 0 bridgehead atoms. The van der Waals surface area contributed by atoms with E-state index in [1.165, 1.54) is 12.0 Å². The number of nitro benzene ring substituents is 1. The van der Waals surface area contributed by atoms with Gasteiger partial charge in [0.25, 0.3) is 11.6 Å². The summed E-state index contributed by atoms with van der Waals surface area (Å²) in [6.45, 7) is 10.8. The Bertz CT molecular complexity index is 1030. The smallest absolute Gasteiger partial charge is 0.292 e. The molecule has 0 radical (unpaired) electrons. The van der Waals surface area contributed by atoms with E-state index in [1.54, 1.807) is 6.07 Å². The normalized spacial score (nSPS) is 16.8. The average Bonchev–Trinajstić information content (AvgIpc) is 2.87. The van der Waals surface area contributed by atoms with Crippen LogP contribution in [0, 0.1) is 10.1 Å². The predicted molar refractivity (Wildman–Crippen MR) is 139 cm³/mol. The first-order chi connectivity index (χ1) is 16.7. The van der Waals surface area contributed by atoms with Gasteiger partial charge >= 0.3 is 0 Å². The molecule has 2 saturated heterocycles. The highest BCUT2D eigenvalue weighted by molar-refractivity contribution is 5.78. The van der Waals surface area contributed by atoms with Crippen LogP contribution in [0.5, 0.6) is 5.75 Å². The minimum Gasteiger partial charge on any atom is -0.484 e. The van der Waals surface area contributed by atoms with Crippen LogP contribution in [0.3, 0.4) is 0 Å². The van der Waals surface area contributed by atoms with Gasteiger partial charge in [0.2, 0.25) is 0 Å². The Labute approximate surface area is 207 Å². The molecule has 2 aromatic carbocycles. The number of carbonyl (C=O) groups is 1. The van der Waals surface area contributed by atoms with Crippen molar-refractivity contribution in [2.45, 2.75) is 45.4 Å². The van der Waals surface area contributed by atoms with Gasteiger partial charge in [0.15, 0.2) is 6.61 Å². The third kappa shape index (κ3) is 6.05. The number of amides is 1. The van der Waals surface area contributed by atoms with E-state index in [4.69, 9.17) is 4.74 Å². The number of benzene rings is 2. The van der Waals surface area contributed by atoms with Gasteiger partial charge in [-0.05, 0) is 54.5 Å². The molecular weight excluding hydrogens is 444 g/mol. The summed E-state index contributed by atoms with van der Waals surface area (Å²) < 4.78 is 5.74. The Morgan fingerprint density at radius 2 is 1.57 bits per heavy atom. The largest absolute Gasteiger partial charge is 0.484 e. The maximum atomic E-state index is 12.7. The number of ether oxygens (including phenoxy) is 1.